The third kappa shape index (κ3) is 2.59. The monoisotopic (exact) mass is 282 g/mol. The van der Waals surface area contributed by atoms with Gasteiger partial charge in [0.25, 0.3) is 5.56 Å². The van der Waals surface area contributed by atoms with Crippen LogP contribution in [0.5, 0.6) is 0 Å². The molecule has 0 amide bonds. The molecule has 0 radical (unpaired) electrons. The van der Waals surface area contributed by atoms with Gasteiger partial charge >= 0.3 is 0 Å². The lowest BCUT2D eigenvalue weighted by Crippen LogP contribution is -2.23. The molecule has 5 heteroatoms. The first-order valence-electron chi connectivity index (χ1n) is 7.18. The quantitative estimate of drug-likeness (QED) is 0.881. The zero-order valence-electron chi connectivity index (χ0n) is 12.3. The molecule has 0 bridgehead atoms. The molecule has 1 aromatic heterocycles. The van der Waals surface area contributed by atoms with Gasteiger partial charge in [0.15, 0.2) is 0 Å². The molecule has 0 fully saturated rings. The van der Waals surface area contributed by atoms with Crippen molar-refractivity contribution in [3.8, 4) is 0 Å². The van der Waals surface area contributed by atoms with Crippen LogP contribution in [0.15, 0.2) is 45.8 Å². The van der Waals surface area contributed by atoms with Gasteiger partial charge in [-0.05, 0) is 44.9 Å². The Morgan fingerprint density at radius 3 is 2.86 bits per heavy atom. The van der Waals surface area contributed by atoms with Crippen LogP contribution in [0, 0.1) is 0 Å². The molecular formula is C16H18N4O. The number of aromatic nitrogens is 2. The number of rotatable bonds is 3. The second-order valence-electron chi connectivity index (χ2n) is 5.21. The van der Waals surface area contributed by atoms with E-state index in [1.165, 1.54) is 5.57 Å². The summed E-state index contributed by atoms with van der Waals surface area (Å²) in [6.45, 7) is 4.58. The number of benzene rings is 1. The molecule has 1 aliphatic carbocycles. The van der Waals surface area contributed by atoms with Crippen molar-refractivity contribution in [2.45, 2.75) is 33.2 Å². The molecule has 108 valence electrons. The van der Waals surface area contributed by atoms with Gasteiger partial charge in [0.2, 0.25) is 5.95 Å². The molecule has 0 spiro atoms. The highest BCUT2D eigenvalue weighted by Crippen LogP contribution is 2.16. The first-order valence-corrected chi connectivity index (χ1v) is 7.18. The Morgan fingerprint density at radius 1 is 1.33 bits per heavy atom. The fraction of sp³-hybridized carbons (Fsp3) is 0.312. The van der Waals surface area contributed by atoms with Gasteiger partial charge in [-0.25, -0.2) is 10.4 Å². The van der Waals surface area contributed by atoms with E-state index in [-0.39, 0.29) is 5.56 Å². The van der Waals surface area contributed by atoms with Gasteiger partial charge in [0, 0.05) is 6.54 Å². The van der Waals surface area contributed by atoms with Crippen LogP contribution in [0.3, 0.4) is 0 Å². The van der Waals surface area contributed by atoms with Crippen LogP contribution in [-0.4, -0.2) is 15.3 Å². The highest BCUT2D eigenvalue weighted by molar-refractivity contribution is 5.98. The van der Waals surface area contributed by atoms with Gasteiger partial charge in [-0.3, -0.25) is 9.36 Å². The minimum Gasteiger partial charge on any atom is -0.277 e. The minimum atomic E-state index is -0.0380. The second-order valence-corrected chi connectivity index (χ2v) is 5.21. The van der Waals surface area contributed by atoms with Crippen LogP contribution in [0.2, 0.25) is 0 Å². The summed E-state index contributed by atoms with van der Waals surface area (Å²) in [5.41, 5.74) is 5.93. The Balaban J connectivity index is 2.04. The van der Waals surface area contributed by atoms with Crippen molar-refractivity contribution in [3.05, 3.63) is 46.3 Å². The van der Waals surface area contributed by atoms with E-state index in [4.69, 9.17) is 0 Å². The van der Waals surface area contributed by atoms with E-state index in [1.807, 2.05) is 25.1 Å². The van der Waals surface area contributed by atoms with Gasteiger partial charge in [0.1, 0.15) is 0 Å². The van der Waals surface area contributed by atoms with Crippen LogP contribution in [-0.2, 0) is 6.54 Å². The highest BCUT2D eigenvalue weighted by atomic mass is 16.1. The number of nitrogens with one attached hydrogen (secondary N) is 1. The van der Waals surface area contributed by atoms with Crippen LogP contribution in [0.4, 0.5) is 5.95 Å². The molecule has 0 unspecified atom stereocenters. The zero-order valence-corrected chi connectivity index (χ0v) is 12.3. The summed E-state index contributed by atoms with van der Waals surface area (Å²) in [5.74, 6) is 0.492. The molecule has 1 aromatic carbocycles. The number of nitrogens with zero attached hydrogens (tertiary/aromatic N) is 3. The molecule has 1 heterocycles. The molecule has 1 N–H and O–H groups in total. The third-order valence-corrected chi connectivity index (χ3v) is 3.67. The topological polar surface area (TPSA) is 59.3 Å². The maximum Gasteiger partial charge on any atom is 0.262 e. The van der Waals surface area contributed by atoms with Crippen molar-refractivity contribution in [2.75, 3.05) is 5.43 Å². The Bertz CT molecular complexity index is 802. The molecule has 21 heavy (non-hydrogen) atoms. The van der Waals surface area contributed by atoms with Gasteiger partial charge in [-0.1, -0.05) is 17.7 Å². The van der Waals surface area contributed by atoms with Crippen molar-refractivity contribution < 1.29 is 0 Å². The summed E-state index contributed by atoms with van der Waals surface area (Å²) in [7, 11) is 0. The van der Waals surface area contributed by atoms with Crippen molar-refractivity contribution in [3.63, 3.8) is 0 Å². The van der Waals surface area contributed by atoms with E-state index in [2.05, 4.69) is 28.5 Å². The van der Waals surface area contributed by atoms with Crippen molar-refractivity contribution in [1.29, 1.82) is 0 Å². The van der Waals surface area contributed by atoms with Crippen LogP contribution < -0.4 is 11.0 Å². The molecule has 0 aliphatic heterocycles. The molecule has 3 rings (SSSR count). The van der Waals surface area contributed by atoms with Gasteiger partial charge in [-0.2, -0.15) is 5.10 Å². The Morgan fingerprint density at radius 2 is 2.14 bits per heavy atom. The fourth-order valence-electron chi connectivity index (χ4n) is 2.51. The standard InChI is InChI=1S/C16H18N4O/c1-3-20-15(21)13-6-4-5-7-14(13)17-16(20)19-18-12-9-8-11(2)10-12/h4-7,10H,3,8-9H2,1-2H3,(H,17,19)/b18-12-. The maximum absolute atomic E-state index is 12.5. The van der Waals surface area contributed by atoms with E-state index < -0.39 is 0 Å². The highest BCUT2D eigenvalue weighted by Gasteiger charge is 2.10. The SMILES string of the molecule is CCn1c(N/N=C2\C=C(C)CC2)nc2ccccc2c1=O. The van der Waals surface area contributed by atoms with Gasteiger partial charge in [-0.15, -0.1) is 0 Å². The normalized spacial score (nSPS) is 16.5. The molecule has 0 saturated carbocycles. The van der Waals surface area contributed by atoms with E-state index in [9.17, 15) is 4.79 Å². The smallest absolute Gasteiger partial charge is 0.262 e. The number of allylic oxidation sites excluding steroid dienone is 2. The summed E-state index contributed by atoms with van der Waals surface area (Å²) in [5, 5.41) is 5.00. The molecule has 2 aromatic rings. The van der Waals surface area contributed by atoms with Crippen molar-refractivity contribution in [2.24, 2.45) is 5.10 Å². The summed E-state index contributed by atoms with van der Waals surface area (Å²) < 4.78 is 1.61. The molecule has 1 aliphatic rings. The van der Waals surface area contributed by atoms with Crippen LogP contribution in [0.1, 0.15) is 26.7 Å². The first-order chi connectivity index (χ1) is 10.2. The Kier molecular flexibility index (Phi) is 3.56. The van der Waals surface area contributed by atoms with Crippen molar-refractivity contribution in [1.82, 2.24) is 9.55 Å². The van der Waals surface area contributed by atoms with Gasteiger partial charge in [0.05, 0.1) is 16.6 Å². The lowest BCUT2D eigenvalue weighted by molar-refractivity contribution is 0.724. The van der Waals surface area contributed by atoms with Crippen molar-refractivity contribution >= 4 is 22.6 Å². The predicted molar refractivity (Wildman–Crippen MR) is 85.7 cm³/mol. The van der Waals surface area contributed by atoms with E-state index in [1.54, 1.807) is 10.6 Å². The second kappa shape index (κ2) is 5.52. The van der Waals surface area contributed by atoms with E-state index in [0.29, 0.717) is 23.4 Å². The summed E-state index contributed by atoms with van der Waals surface area (Å²) >= 11 is 0. The van der Waals surface area contributed by atoms with E-state index in [0.717, 1.165) is 18.6 Å². The number of hydrogen-bond donors (Lipinski definition) is 1. The molecule has 0 saturated heterocycles. The average molecular weight is 282 g/mol. The van der Waals surface area contributed by atoms with Crippen LogP contribution >= 0.6 is 0 Å². The summed E-state index contributed by atoms with van der Waals surface area (Å²) in [6, 6.07) is 7.37. The zero-order chi connectivity index (χ0) is 14.8. The number of anilines is 1. The first kappa shape index (κ1) is 13.5. The van der Waals surface area contributed by atoms with E-state index >= 15 is 0 Å². The number of para-hydroxylation sites is 1. The number of hydrazone groups is 1. The largest absolute Gasteiger partial charge is 0.277 e. The van der Waals surface area contributed by atoms with Crippen LogP contribution in [0.25, 0.3) is 10.9 Å². The lowest BCUT2D eigenvalue weighted by Gasteiger charge is -2.10. The summed E-state index contributed by atoms with van der Waals surface area (Å²) in [4.78, 5) is 17.0. The predicted octanol–water partition coefficient (Wildman–Crippen LogP) is 2.92. The Hall–Kier alpha value is -2.43. The molecule has 0 atom stereocenters. The number of hydrogen-bond acceptors (Lipinski definition) is 4. The summed E-state index contributed by atoms with van der Waals surface area (Å²) in [6.07, 6.45) is 4.05. The molecule has 5 nitrogen and oxygen atoms in total. The van der Waals surface area contributed by atoms with Gasteiger partial charge < -0.3 is 0 Å². The Labute approximate surface area is 123 Å². The maximum atomic E-state index is 12.5. The third-order valence-electron chi connectivity index (χ3n) is 3.67. The fourth-order valence-corrected chi connectivity index (χ4v) is 2.51. The average Bonchev–Trinajstić information content (AvgIpc) is 2.91. The molecular weight excluding hydrogens is 264 g/mol. The number of fused-ring (bicyclic) bond motifs is 1. The minimum absolute atomic E-state index is 0.0380. The lowest BCUT2D eigenvalue weighted by atomic mass is 10.2.